The fourth-order valence-corrected chi connectivity index (χ4v) is 5.68. The number of nitrogens with one attached hydrogen (secondary N) is 1. The molecule has 0 bridgehead atoms. The highest BCUT2D eigenvalue weighted by atomic mass is 32.2. The molecule has 0 aliphatic carbocycles. The summed E-state index contributed by atoms with van der Waals surface area (Å²) in [5, 5.41) is 3.37. The van der Waals surface area contributed by atoms with Crippen LogP contribution in [0, 0.1) is 0 Å². The number of rotatable bonds is 9. The van der Waals surface area contributed by atoms with Gasteiger partial charge in [0.25, 0.3) is 10.0 Å². The van der Waals surface area contributed by atoms with E-state index in [1.165, 1.54) is 17.3 Å². The second-order valence-corrected chi connectivity index (χ2v) is 10.1. The fraction of sp³-hybridized carbons (Fsp3) is 0.391. The van der Waals surface area contributed by atoms with E-state index in [0.29, 0.717) is 17.4 Å². The van der Waals surface area contributed by atoms with Crippen LogP contribution in [0.15, 0.2) is 63.9 Å². The summed E-state index contributed by atoms with van der Waals surface area (Å²) in [7, 11) is -3.77. The van der Waals surface area contributed by atoms with E-state index in [1.807, 2.05) is 36.1 Å². The summed E-state index contributed by atoms with van der Waals surface area (Å²) in [5.74, 6) is -0.00517. The van der Waals surface area contributed by atoms with Gasteiger partial charge in [0.1, 0.15) is 4.90 Å². The average molecular weight is 460 g/mol. The van der Waals surface area contributed by atoms with Gasteiger partial charge in [-0.3, -0.25) is 4.79 Å². The number of amidine groups is 1. The maximum absolute atomic E-state index is 12.6. The van der Waals surface area contributed by atoms with Crippen molar-refractivity contribution in [1.29, 1.82) is 0 Å². The first-order valence-corrected chi connectivity index (χ1v) is 13.0. The molecule has 0 fully saturated rings. The van der Waals surface area contributed by atoms with E-state index in [-0.39, 0.29) is 22.6 Å². The van der Waals surface area contributed by atoms with Gasteiger partial charge in [0.2, 0.25) is 5.91 Å². The van der Waals surface area contributed by atoms with Crippen LogP contribution in [-0.2, 0) is 21.2 Å². The second kappa shape index (κ2) is 10.8. The summed E-state index contributed by atoms with van der Waals surface area (Å²) in [5.41, 5.74) is 1.87. The summed E-state index contributed by atoms with van der Waals surface area (Å²) in [4.78, 5) is 14.6. The lowest BCUT2D eigenvalue weighted by atomic mass is 10.1. The van der Waals surface area contributed by atoms with Crippen LogP contribution in [-0.4, -0.2) is 37.8 Å². The highest BCUT2D eigenvalue weighted by Gasteiger charge is 2.30. The minimum Gasteiger partial charge on any atom is -0.353 e. The summed E-state index contributed by atoms with van der Waals surface area (Å²) < 4.78 is 29.2. The number of nitrogens with zero attached hydrogens (tertiary/aromatic N) is 2. The van der Waals surface area contributed by atoms with Gasteiger partial charge in [-0.15, -0.1) is 4.40 Å². The Bertz CT molecular complexity index is 1020. The predicted octanol–water partition coefficient (Wildman–Crippen LogP) is 4.22. The van der Waals surface area contributed by atoms with Gasteiger partial charge in [0.05, 0.1) is 11.4 Å². The summed E-state index contributed by atoms with van der Waals surface area (Å²) in [6.45, 7) is 4.72. The van der Waals surface area contributed by atoms with Crippen LogP contribution in [0.25, 0.3) is 0 Å². The Labute approximate surface area is 189 Å². The van der Waals surface area contributed by atoms with Gasteiger partial charge < -0.3 is 10.2 Å². The van der Waals surface area contributed by atoms with Crippen molar-refractivity contribution in [2.24, 2.45) is 4.40 Å². The van der Waals surface area contributed by atoms with Crippen LogP contribution in [0.5, 0.6) is 0 Å². The lowest BCUT2D eigenvalue weighted by Gasteiger charge is -2.30. The molecule has 0 spiro atoms. The molecule has 8 heteroatoms. The lowest BCUT2D eigenvalue weighted by Crippen LogP contribution is -2.38. The third-order valence-corrected chi connectivity index (χ3v) is 7.45. The van der Waals surface area contributed by atoms with Crippen molar-refractivity contribution in [2.75, 3.05) is 17.2 Å². The highest BCUT2D eigenvalue weighted by Crippen LogP contribution is 2.34. The number of carbonyl (C=O) groups excluding carboxylic acids is 1. The number of amides is 1. The normalized spacial score (nSPS) is 15.7. The van der Waals surface area contributed by atoms with Crippen molar-refractivity contribution in [3.05, 3.63) is 60.2 Å². The van der Waals surface area contributed by atoms with Gasteiger partial charge in [-0.2, -0.15) is 8.42 Å². The molecular formula is C23H29N3O3S2. The van der Waals surface area contributed by atoms with Crippen molar-refractivity contribution in [3.63, 3.8) is 0 Å². The number of unbranched alkanes of at least 4 members (excludes halogenated alkanes) is 1. The number of anilines is 1. The second-order valence-electron chi connectivity index (χ2n) is 7.60. The van der Waals surface area contributed by atoms with E-state index in [1.54, 1.807) is 18.2 Å². The van der Waals surface area contributed by atoms with E-state index in [2.05, 4.69) is 28.8 Å². The van der Waals surface area contributed by atoms with E-state index in [0.717, 1.165) is 25.7 Å². The number of para-hydroxylation sites is 1. The molecule has 1 N–H and O–H groups in total. The van der Waals surface area contributed by atoms with E-state index in [4.69, 9.17) is 0 Å². The van der Waals surface area contributed by atoms with Gasteiger partial charge in [-0.1, -0.05) is 67.6 Å². The number of aryl methyl sites for hydroxylation is 1. The molecule has 2 aromatic carbocycles. The molecule has 6 nitrogen and oxygen atoms in total. The molecular weight excluding hydrogens is 430 g/mol. The Morgan fingerprint density at radius 2 is 1.84 bits per heavy atom. The molecule has 1 aliphatic rings. The van der Waals surface area contributed by atoms with Crippen molar-refractivity contribution in [1.82, 2.24) is 5.32 Å². The van der Waals surface area contributed by atoms with Crippen molar-refractivity contribution in [2.45, 2.75) is 50.5 Å². The minimum absolute atomic E-state index is 0.0299. The molecule has 0 radical (unpaired) electrons. The Balaban J connectivity index is 1.61. The number of sulfonamides is 1. The molecule has 0 saturated carbocycles. The number of hydrogen-bond donors (Lipinski definition) is 1. The Hall–Kier alpha value is -2.32. The van der Waals surface area contributed by atoms with Crippen LogP contribution < -0.4 is 10.2 Å². The number of thioether (sulfide) groups is 1. The molecule has 166 valence electrons. The topological polar surface area (TPSA) is 78.8 Å². The molecule has 0 saturated heterocycles. The quantitative estimate of drug-likeness (QED) is 0.607. The molecule has 0 unspecified atom stereocenters. The molecule has 3 rings (SSSR count). The van der Waals surface area contributed by atoms with Gasteiger partial charge in [0.15, 0.2) is 5.17 Å². The monoisotopic (exact) mass is 459 g/mol. The molecule has 2 aromatic rings. The van der Waals surface area contributed by atoms with Crippen molar-refractivity contribution < 1.29 is 13.2 Å². The third-order valence-electron chi connectivity index (χ3n) is 5.05. The molecule has 1 atom stereocenters. The standard InChI is InChI=1S/C23H29N3O3S2/c1-3-4-16-26-20-12-8-9-13-21(20)31(28,29)25-23(26)30-17-22(27)24-18(2)14-15-19-10-6-5-7-11-19/h5-13,18H,3-4,14-17H2,1-2H3,(H,24,27)/t18-/m0/s1. The van der Waals surface area contributed by atoms with Crippen LogP contribution in [0.3, 0.4) is 0 Å². The summed E-state index contributed by atoms with van der Waals surface area (Å²) >= 11 is 1.17. The SMILES string of the molecule is CCCCN1C(SCC(=O)N[C@@H](C)CCc2ccccc2)=NS(=O)(=O)c2ccccc21. The molecule has 1 aliphatic heterocycles. The lowest BCUT2D eigenvalue weighted by molar-refractivity contribution is -0.119. The van der Waals surface area contributed by atoms with Crippen LogP contribution in [0.2, 0.25) is 0 Å². The summed E-state index contributed by atoms with van der Waals surface area (Å²) in [6.07, 6.45) is 3.60. The maximum atomic E-state index is 12.6. The number of carbonyl (C=O) groups is 1. The molecule has 0 aromatic heterocycles. The van der Waals surface area contributed by atoms with E-state index >= 15 is 0 Å². The number of hydrogen-bond acceptors (Lipinski definition) is 5. The zero-order chi connectivity index (χ0) is 22.3. The smallest absolute Gasteiger partial charge is 0.286 e. The molecule has 1 heterocycles. The average Bonchev–Trinajstić information content (AvgIpc) is 2.76. The molecule has 31 heavy (non-hydrogen) atoms. The number of fused-ring (bicyclic) bond motifs is 1. The zero-order valence-electron chi connectivity index (χ0n) is 18.0. The Morgan fingerprint density at radius 1 is 1.13 bits per heavy atom. The van der Waals surface area contributed by atoms with Gasteiger partial charge in [-0.05, 0) is 43.9 Å². The maximum Gasteiger partial charge on any atom is 0.286 e. The third kappa shape index (κ3) is 6.33. The largest absolute Gasteiger partial charge is 0.353 e. The first kappa shape index (κ1) is 23.3. The van der Waals surface area contributed by atoms with Crippen LogP contribution in [0.1, 0.15) is 38.7 Å². The summed E-state index contributed by atoms with van der Waals surface area (Å²) in [6, 6.07) is 17.1. The van der Waals surface area contributed by atoms with Crippen LogP contribution >= 0.6 is 11.8 Å². The van der Waals surface area contributed by atoms with Crippen molar-refractivity contribution >= 4 is 38.5 Å². The minimum atomic E-state index is -3.77. The first-order chi connectivity index (χ1) is 14.9. The Kier molecular flexibility index (Phi) is 8.15. The number of benzene rings is 2. The van der Waals surface area contributed by atoms with Crippen molar-refractivity contribution in [3.8, 4) is 0 Å². The van der Waals surface area contributed by atoms with Crippen LogP contribution in [0.4, 0.5) is 5.69 Å². The highest BCUT2D eigenvalue weighted by molar-refractivity contribution is 8.15. The van der Waals surface area contributed by atoms with Gasteiger partial charge >= 0.3 is 0 Å². The van der Waals surface area contributed by atoms with Gasteiger partial charge in [-0.25, -0.2) is 0 Å². The molecule has 1 amide bonds. The van der Waals surface area contributed by atoms with Gasteiger partial charge in [0, 0.05) is 12.6 Å². The predicted molar refractivity (Wildman–Crippen MR) is 128 cm³/mol. The van der Waals surface area contributed by atoms with E-state index in [9.17, 15) is 13.2 Å². The Morgan fingerprint density at radius 3 is 2.58 bits per heavy atom. The zero-order valence-corrected chi connectivity index (χ0v) is 19.6. The first-order valence-electron chi connectivity index (χ1n) is 10.6. The fourth-order valence-electron chi connectivity index (χ4n) is 3.39. The van der Waals surface area contributed by atoms with E-state index < -0.39 is 10.0 Å².